The van der Waals surface area contributed by atoms with E-state index < -0.39 is 10.0 Å². The van der Waals surface area contributed by atoms with Crippen LogP contribution >= 0.6 is 12.2 Å². The van der Waals surface area contributed by atoms with Crippen LogP contribution in [0.2, 0.25) is 0 Å². The van der Waals surface area contributed by atoms with Gasteiger partial charge in [0, 0.05) is 11.3 Å². The van der Waals surface area contributed by atoms with Crippen molar-refractivity contribution in [3.63, 3.8) is 0 Å². The molecule has 0 fully saturated rings. The lowest BCUT2D eigenvalue weighted by atomic mass is 10.2. The predicted octanol–water partition coefficient (Wildman–Crippen LogP) is 2.68. The number of hydrogen-bond acceptors (Lipinski definition) is 3. The van der Waals surface area contributed by atoms with E-state index in [-0.39, 0.29) is 9.88 Å². The standard InChI is InChI=1S/C15H16N2O2S2/c1-2-11-3-7-13(8-4-11)17-21(18,19)14-9-5-12(6-10-14)15(16)20/h3-10,17H,2H2,1H3,(H2,16,20). The molecule has 0 aliphatic carbocycles. The van der Waals surface area contributed by atoms with Crippen LogP contribution in [0.25, 0.3) is 0 Å². The molecule has 0 radical (unpaired) electrons. The van der Waals surface area contributed by atoms with E-state index in [0.717, 1.165) is 12.0 Å². The zero-order valence-electron chi connectivity index (χ0n) is 11.5. The maximum Gasteiger partial charge on any atom is 0.261 e. The van der Waals surface area contributed by atoms with Gasteiger partial charge < -0.3 is 5.73 Å². The molecule has 0 atom stereocenters. The predicted molar refractivity (Wildman–Crippen MR) is 89.0 cm³/mol. The molecule has 0 saturated heterocycles. The molecule has 0 unspecified atom stereocenters. The van der Waals surface area contributed by atoms with Crippen molar-refractivity contribution in [3.05, 3.63) is 59.7 Å². The van der Waals surface area contributed by atoms with Gasteiger partial charge in [-0.2, -0.15) is 0 Å². The summed E-state index contributed by atoms with van der Waals surface area (Å²) in [5.74, 6) is 0. The fourth-order valence-corrected chi connectivity index (χ4v) is 3.02. The number of benzene rings is 2. The van der Waals surface area contributed by atoms with E-state index in [1.54, 1.807) is 24.3 Å². The SMILES string of the molecule is CCc1ccc(NS(=O)(=O)c2ccc(C(N)=S)cc2)cc1. The average molecular weight is 320 g/mol. The molecule has 0 aromatic heterocycles. The summed E-state index contributed by atoms with van der Waals surface area (Å²) in [5.41, 5.74) is 7.81. The van der Waals surface area contributed by atoms with Gasteiger partial charge in [0.05, 0.1) is 4.90 Å². The first-order valence-corrected chi connectivity index (χ1v) is 8.33. The van der Waals surface area contributed by atoms with Crippen molar-refractivity contribution in [2.45, 2.75) is 18.2 Å². The summed E-state index contributed by atoms with van der Waals surface area (Å²) < 4.78 is 27.1. The largest absolute Gasteiger partial charge is 0.389 e. The molecule has 2 aromatic rings. The fourth-order valence-electron chi connectivity index (χ4n) is 1.82. The molecule has 2 rings (SSSR count). The molecule has 110 valence electrons. The van der Waals surface area contributed by atoms with Gasteiger partial charge in [0.2, 0.25) is 0 Å². The van der Waals surface area contributed by atoms with Crippen LogP contribution in [0.15, 0.2) is 53.4 Å². The molecule has 0 bridgehead atoms. The normalized spacial score (nSPS) is 11.1. The first-order chi connectivity index (χ1) is 9.92. The summed E-state index contributed by atoms with van der Waals surface area (Å²) in [5, 5.41) is 0. The van der Waals surface area contributed by atoms with E-state index in [1.807, 2.05) is 19.1 Å². The Morgan fingerprint density at radius 3 is 2.14 bits per heavy atom. The first-order valence-electron chi connectivity index (χ1n) is 6.44. The summed E-state index contributed by atoms with van der Waals surface area (Å²) in [6, 6.07) is 13.4. The van der Waals surface area contributed by atoms with Crippen molar-refractivity contribution >= 4 is 32.9 Å². The van der Waals surface area contributed by atoms with Crippen molar-refractivity contribution in [2.75, 3.05) is 4.72 Å². The van der Waals surface area contributed by atoms with Gasteiger partial charge in [-0.1, -0.05) is 43.4 Å². The Kier molecular flexibility index (Phi) is 4.59. The van der Waals surface area contributed by atoms with Crippen LogP contribution in [-0.2, 0) is 16.4 Å². The smallest absolute Gasteiger partial charge is 0.261 e. The number of rotatable bonds is 5. The van der Waals surface area contributed by atoms with E-state index in [2.05, 4.69) is 4.72 Å². The van der Waals surface area contributed by atoms with Gasteiger partial charge in [-0.25, -0.2) is 8.42 Å². The summed E-state index contributed by atoms with van der Waals surface area (Å²) in [6.07, 6.45) is 0.910. The molecule has 0 heterocycles. The van der Waals surface area contributed by atoms with Crippen LogP contribution in [0, 0.1) is 0 Å². The number of sulfonamides is 1. The van der Waals surface area contributed by atoms with E-state index >= 15 is 0 Å². The minimum atomic E-state index is -3.61. The maximum absolute atomic E-state index is 12.3. The topological polar surface area (TPSA) is 72.2 Å². The Balaban J connectivity index is 2.22. The highest BCUT2D eigenvalue weighted by atomic mass is 32.2. The third-order valence-electron chi connectivity index (χ3n) is 3.06. The van der Waals surface area contributed by atoms with Gasteiger partial charge in [-0.3, -0.25) is 4.72 Å². The number of nitrogens with two attached hydrogens (primary N) is 1. The third kappa shape index (κ3) is 3.80. The van der Waals surface area contributed by atoms with Crippen LogP contribution in [0.5, 0.6) is 0 Å². The van der Waals surface area contributed by atoms with Gasteiger partial charge in [-0.15, -0.1) is 0 Å². The summed E-state index contributed by atoms with van der Waals surface area (Å²) in [6.45, 7) is 2.04. The molecular formula is C15H16N2O2S2. The van der Waals surface area contributed by atoms with Crippen molar-refractivity contribution < 1.29 is 8.42 Å². The van der Waals surface area contributed by atoms with Crippen LogP contribution in [-0.4, -0.2) is 13.4 Å². The fraction of sp³-hybridized carbons (Fsp3) is 0.133. The van der Waals surface area contributed by atoms with Crippen molar-refractivity contribution in [1.82, 2.24) is 0 Å². The monoisotopic (exact) mass is 320 g/mol. The summed E-state index contributed by atoms with van der Waals surface area (Å²) in [4.78, 5) is 0.407. The van der Waals surface area contributed by atoms with Gasteiger partial charge >= 0.3 is 0 Å². The highest BCUT2D eigenvalue weighted by Gasteiger charge is 2.14. The lowest BCUT2D eigenvalue weighted by Gasteiger charge is -2.09. The number of thiocarbonyl (C=S) groups is 1. The molecule has 21 heavy (non-hydrogen) atoms. The first kappa shape index (κ1) is 15.5. The second-order valence-corrected chi connectivity index (χ2v) is 6.67. The molecule has 0 aliphatic rings. The lowest BCUT2D eigenvalue weighted by molar-refractivity contribution is 0.601. The number of nitrogens with one attached hydrogen (secondary N) is 1. The quantitative estimate of drug-likeness (QED) is 0.831. The van der Waals surface area contributed by atoms with Gasteiger partial charge in [-0.05, 0) is 36.2 Å². The molecule has 0 amide bonds. The summed E-state index contributed by atoms with van der Waals surface area (Å²) in [7, 11) is -3.61. The average Bonchev–Trinajstić information content (AvgIpc) is 2.48. The Labute approximate surface area is 130 Å². The lowest BCUT2D eigenvalue weighted by Crippen LogP contribution is -2.14. The van der Waals surface area contributed by atoms with E-state index in [0.29, 0.717) is 11.3 Å². The van der Waals surface area contributed by atoms with Crippen LogP contribution in [0.4, 0.5) is 5.69 Å². The van der Waals surface area contributed by atoms with Crippen molar-refractivity contribution in [2.24, 2.45) is 5.73 Å². The van der Waals surface area contributed by atoms with Crippen molar-refractivity contribution in [1.29, 1.82) is 0 Å². The highest BCUT2D eigenvalue weighted by molar-refractivity contribution is 7.92. The molecule has 0 aliphatic heterocycles. The van der Waals surface area contributed by atoms with E-state index in [9.17, 15) is 8.42 Å². The van der Waals surface area contributed by atoms with Crippen LogP contribution in [0.1, 0.15) is 18.1 Å². The van der Waals surface area contributed by atoms with E-state index in [4.69, 9.17) is 18.0 Å². The van der Waals surface area contributed by atoms with E-state index in [1.165, 1.54) is 12.1 Å². The third-order valence-corrected chi connectivity index (χ3v) is 4.70. The number of aryl methyl sites for hydroxylation is 1. The Morgan fingerprint density at radius 1 is 1.10 bits per heavy atom. The van der Waals surface area contributed by atoms with Crippen LogP contribution in [0.3, 0.4) is 0 Å². The second kappa shape index (κ2) is 6.24. The zero-order valence-corrected chi connectivity index (χ0v) is 13.2. The Hall–Kier alpha value is -1.92. The molecule has 3 N–H and O–H groups in total. The van der Waals surface area contributed by atoms with Gasteiger partial charge in [0.1, 0.15) is 4.99 Å². The molecule has 0 spiro atoms. The number of hydrogen-bond donors (Lipinski definition) is 2. The molecule has 6 heteroatoms. The van der Waals surface area contributed by atoms with Crippen LogP contribution < -0.4 is 10.5 Å². The molecular weight excluding hydrogens is 304 g/mol. The number of anilines is 1. The zero-order chi connectivity index (χ0) is 15.5. The Morgan fingerprint density at radius 2 is 1.67 bits per heavy atom. The second-order valence-electron chi connectivity index (χ2n) is 4.54. The molecule has 0 saturated carbocycles. The molecule has 2 aromatic carbocycles. The highest BCUT2D eigenvalue weighted by Crippen LogP contribution is 2.17. The minimum Gasteiger partial charge on any atom is -0.389 e. The summed E-state index contributed by atoms with van der Waals surface area (Å²) >= 11 is 4.84. The van der Waals surface area contributed by atoms with Crippen molar-refractivity contribution in [3.8, 4) is 0 Å². The van der Waals surface area contributed by atoms with Gasteiger partial charge in [0.15, 0.2) is 0 Å². The maximum atomic E-state index is 12.3. The molecule has 4 nitrogen and oxygen atoms in total. The Bertz CT molecular complexity index is 736. The minimum absolute atomic E-state index is 0.169. The van der Waals surface area contributed by atoms with Gasteiger partial charge in [0.25, 0.3) is 10.0 Å².